The number of ketones is 1. The average molecular weight is 210 g/mol. The van der Waals surface area contributed by atoms with Crippen molar-refractivity contribution < 1.29 is 9.53 Å². The minimum absolute atomic E-state index is 0.0184. The molecule has 1 rings (SSSR count). The highest BCUT2D eigenvalue weighted by Crippen LogP contribution is 2.50. The summed E-state index contributed by atoms with van der Waals surface area (Å²) in [5.41, 5.74) is -0.131. The van der Waals surface area contributed by atoms with Gasteiger partial charge in [-0.15, -0.1) is 0 Å². The molecule has 1 aliphatic rings. The fourth-order valence-electron chi connectivity index (χ4n) is 3.31. The lowest BCUT2D eigenvalue weighted by atomic mass is 9.58. The Hall–Kier alpha value is -0.790. The Kier molecular flexibility index (Phi) is 2.99. The van der Waals surface area contributed by atoms with Gasteiger partial charge in [-0.3, -0.25) is 4.79 Å². The van der Waals surface area contributed by atoms with Crippen LogP contribution in [0, 0.1) is 16.7 Å². The average Bonchev–Trinajstić information content (AvgIpc) is 1.97. The van der Waals surface area contributed by atoms with Crippen molar-refractivity contribution in [2.45, 2.75) is 41.0 Å². The van der Waals surface area contributed by atoms with Gasteiger partial charge in [-0.05, 0) is 23.8 Å². The molecule has 0 radical (unpaired) electrons. The quantitative estimate of drug-likeness (QED) is 0.699. The van der Waals surface area contributed by atoms with Crippen molar-refractivity contribution >= 4 is 5.78 Å². The maximum absolute atomic E-state index is 11.8. The molecule has 0 N–H and O–H groups in total. The summed E-state index contributed by atoms with van der Waals surface area (Å²) in [6.45, 7) is 10.2. The van der Waals surface area contributed by atoms with Crippen molar-refractivity contribution in [3.63, 3.8) is 0 Å². The third-order valence-electron chi connectivity index (χ3n) is 3.36. The van der Waals surface area contributed by atoms with Crippen molar-refractivity contribution in [3.8, 4) is 0 Å². The van der Waals surface area contributed by atoms with Crippen LogP contribution in [0.3, 0.4) is 0 Å². The third-order valence-corrected chi connectivity index (χ3v) is 3.36. The first-order valence-corrected chi connectivity index (χ1v) is 5.47. The van der Waals surface area contributed by atoms with Gasteiger partial charge in [-0.25, -0.2) is 0 Å². The van der Waals surface area contributed by atoms with E-state index in [4.69, 9.17) is 4.74 Å². The van der Waals surface area contributed by atoms with E-state index >= 15 is 0 Å². The third kappa shape index (κ3) is 2.24. The Morgan fingerprint density at radius 3 is 2.27 bits per heavy atom. The smallest absolute Gasteiger partial charge is 0.134 e. The molecule has 1 aliphatic carbocycles. The van der Waals surface area contributed by atoms with E-state index in [0.29, 0.717) is 0 Å². The monoisotopic (exact) mass is 210 g/mol. The van der Waals surface area contributed by atoms with Crippen molar-refractivity contribution in [2.24, 2.45) is 16.7 Å². The van der Waals surface area contributed by atoms with Crippen molar-refractivity contribution in [2.75, 3.05) is 7.11 Å². The van der Waals surface area contributed by atoms with E-state index in [0.717, 1.165) is 12.2 Å². The zero-order valence-corrected chi connectivity index (χ0v) is 10.7. The van der Waals surface area contributed by atoms with Crippen LogP contribution in [0.5, 0.6) is 0 Å². The molecular formula is C13H22O2. The van der Waals surface area contributed by atoms with Crippen LogP contribution < -0.4 is 0 Å². The second kappa shape index (κ2) is 3.66. The molecule has 0 aromatic heterocycles. The zero-order valence-electron chi connectivity index (χ0n) is 10.7. The van der Waals surface area contributed by atoms with Gasteiger partial charge < -0.3 is 4.74 Å². The van der Waals surface area contributed by atoms with Crippen molar-refractivity contribution in [1.82, 2.24) is 0 Å². The van der Waals surface area contributed by atoms with Gasteiger partial charge in [0.25, 0.3) is 0 Å². The van der Waals surface area contributed by atoms with Gasteiger partial charge in [0.1, 0.15) is 5.78 Å². The van der Waals surface area contributed by atoms with E-state index in [1.807, 2.05) is 0 Å². The van der Waals surface area contributed by atoms with E-state index in [9.17, 15) is 4.79 Å². The van der Waals surface area contributed by atoms with Crippen LogP contribution in [-0.2, 0) is 9.53 Å². The lowest BCUT2D eigenvalue weighted by molar-refractivity contribution is -0.129. The Labute approximate surface area is 92.7 Å². The van der Waals surface area contributed by atoms with Crippen LogP contribution >= 0.6 is 0 Å². The minimum Gasteiger partial charge on any atom is -0.501 e. The summed E-state index contributed by atoms with van der Waals surface area (Å²) in [6, 6.07) is 0. The van der Waals surface area contributed by atoms with E-state index in [2.05, 4.69) is 33.8 Å². The van der Waals surface area contributed by atoms with E-state index in [1.54, 1.807) is 14.0 Å². The number of allylic oxidation sites excluding steroid dienone is 2. The Balaban J connectivity index is 3.17. The molecule has 2 heteroatoms. The number of carbonyl (C=O) groups excluding carboxylic acids is 1. The summed E-state index contributed by atoms with van der Waals surface area (Å²) >= 11 is 0. The molecule has 0 aromatic rings. The van der Waals surface area contributed by atoms with Crippen molar-refractivity contribution in [3.05, 3.63) is 11.8 Å². The first-order valence-electron chi connectivity index (χ1n) is 5.47. The van der Waals surface area contributed by atoms with Crippen LogP contribution in [0.1, 0.15) is 41.0 Å². The molecule has 0 spiro atoms. The number of hydrogen-bond acceptors (Lipinski definition) is 2. The molecule has 0 bridgehead atoms. The first-order chi connectivity index (χ1) is 6.70. The van der Waals surface area contributed by atoms with Gasteiger partial charge in [-0.2, -0.15) is 0 Å². The maximum Gasteiger partial charge on any atom is 0.134 e. The van der Waals surface area contributed by atoms with E-state index in [-0.39, 0.29) is 22.5 Å². The fourth-order valence-corrected chi connectivity index (χ4v) is 3.31. The summed E-state index contributed by atoms with van der Waals surface area (Å²) in [6.07, 6.45) is 2.95. The number of carbonyl (C=O) groups is 1. The largest absolute Gasteiger partial charge is 0.501 e. The summed E-state index contributed by atoms with van der Waals surface area (Å²) in [4.78, 5) is 11.8. The number of ether oxygens (including phenoxy) is 1. The highest BCUT2D eigenvalue weighted by atomic mass is 16.5. The normalized spacial score (nSPS) is 28.1. The first kappa shape index (κ1) is 12.3. The molecule has 15 heavy (non-hydrogen) atoms. The van der Waals surface area contributed by atoms with Gasteiger partial charge in [0.05, 0.1) is 12.9 Å². The maximum atomic E-state index is 11.8. The molecule has 0 aliphatic heterocycles. The fraction of sp³-hybridized carbons (Fsp3) is 0.769. The van der Waals surface area contributed by atoms with Crippen molar-refractivity contribution in [1.29, 1.82) is 0 Å². The van der Waals surface area contributed by atoms with Crippen LogP contribution in [0.4, 0.5) is 0 Å². The number of methoxy groups -OCH3 is 1. The van der Waals surface area contributed by atoms with Gasteiger partial charge in [0.15, 0.2) is 0 Å². The molecule has 86 valence electrons. The number of Topliss-reactive ketones (excluding diaryl/α,β-unsaturated/α-hetero) is 1. The predicted octanol–water partition coefficient (Wildman–Crippen LogP) is 3.18. The summed E-state index contributed by atoms with van der Waals surface area (Å²) < 4.78 is 5.34. The standard InChI is InChI=1S/C13H22O2/c1-9(14)11-12(2,3)7-10(15-6)8-13(11,4)5/h7,11H,8H2,1-6H3/t11-/m0/s1. The minimum atomic E-state index is -0.112. The molecule has 0 saturated heterocycles. The SMILES string of the molecule is COC1=CC(C)(C)[C@H](C(C)=O)C(C)(C)C1. The van der Waals surface area contributed by atoms with Crippen LogP contribution in [0.25, 0.3) is 0 Å². The number of hydrogen-bond donors (Lipinski definition) is 0. The van der Waals surface area contributed by atoms with E-state index in [1.165, 1.54) is 0 Å². The lowest BCUT2D eigenvalue weighted by Crippen LogP contribution is -2.43. The molecule has 0 aromatic carbocycles. The molecule has 0 amide bonds. The van der Waals surface area contributed by atoms with Crippen LogP contribution in [0.2, 0.25) is 0 Å². The molecular weight excluding hydrogens is 188 g/mol. The molecule has 0 saturated carbocycles. The molecule has 0 fully saturated rings. The Bertz CT molecular complexity index is 298. The van der Waals surface area contributed by atoms with Gasteiger partial charge in [0, 0.05) is 12.3 Å². The predicted molar refractivity (Wildman–Crippen MR) is 61.4 cm³/mol. The van der Waals surface area contributed by atoms with Crippen LogP contribution in [0.15, 0.2) is 11.8 Å². The second-order valence-corrected chi connectivity index (χ2v) is 5.85. The molecule has 0 heterocycles. The highest BCUT2D eigenvalue weighted by molar-refractivity contribution is 5.80. The summed E-state index contributed by atoms with van der Waals surface area (Å²) in [7, 11) is 1.70. The van der Waals surface area contributed by atoms with Gasteiger partial charge >= 0.3 is 0 Å². The zero-order chi connectivity index (χ0) is 11.9. The second-order valence-electron chi connectivity index (χ2n) is 5.85. The number of rotatable bonds is 2. The molecule has 0 unspecified atom stereocenters. The summed E-state index contributed by atoms with van der Waals surface area (Å²) in [5.74, 6) is 1.35. The lowest BCUT2D eigenvalue weighted by Gasteiger charge is -2.45. The topological polar surface area (TPSA) is 26.3 Å². The highest BCUT2D eigenvalue weighted by Gasteiger charge is 2.46. The van der Waals surface area contributed by atoms with Crippen LogP contribution in [-0.4, -0.2) is 12.9 Å². The molecule has 1 atom stereocenters. The van der Waals surface area contributed by atoms with Gasteiger partial charge in [-0.1, -0.05) is 27.7 Å². The Morgan fingerprint density at radius 1 is 1.40 bits per heavy atom. The molecule has 2 nitrogen and oxygen atoms in total. The van der Waals surface area contributed by atoms with Gasteiger partial charge in [0.2, 0.25) is 0 Å². The summed E-state index contributed by atoms with van der Waals surface area (Å²) in [5, 5.41) is 0. The van der Waals surface area contributed by atoms with E-state index < -0.39 is 0 Å². The Morgan fingerprint density at radius 2 is 1.93 bits per heavy atom.